The van der Waals surface area contributed by atoms with Crippen LogP contribution in [0.4, 0.5) is 0 Å². The Morgan fingerprint density at radius 2 is 1.78 bits per heavy atom. The molecular formula is C16H20O2. The van der Waals surface area contributed by atoms with E-state index in [-0.39, 0.29) is 0 Å². The van der Waals surface area contributed by atoms with Crippen LogP contribution in [-0.4, -0.2) is 15.8 Å². The van der Waals surface area contributed by atoms with Crippen LogP contribution < -0.4 is 0 Å². The minimum absolute atomic E-state index is 0.469. The second-order valence-corrected chi connectivity index (χ2v) is 5.10. The first-order chi connectivity index (χ1) is 8.70. The van der Waals surface area contributed by atoms with E-state index in [1.54, 1.807) is 0 Å². The average molecular weight is 244 g/mol. The van der Waals surface area contributed by atoms with Gasteiger partial charge < -0.3 is 10.2 Å². The summed E-state index contributed by atoms with van der Waals surface area (Å²) in [7, 11) is 0. The first-order valence-electron chi connectivity index (χ1n) is 6.63. The lowest BCUT2D eigenvalue weighted by Crippen LogP contribution is -2.30. The Morgan fingerprint density at radius 1 is 1.11 bits per heavy atom. The fourth-order valence-electron chi connectivity index (χ4n) is 2.42. The van der Waals surface area contributed by atoms with Gasteiger partial charge in [-0.15, -0.1) is 0 Å². The topological polar surface area (TPSA) is 40.5 Å². The maximum atomic E-state index is 10.3. The van der Waals surface area contributed by atoms with Gasteiger partial charge in [-0.1, -0.05) is 61.4 Å². The maximum Gasteiger partial charge on any atom is 0.140 e. The van der Waals surface area contributed by atoms with Gasteiger partial charge in [-0.2, -0.15) is 0 Å². The second-order valence-electron chi connectivity index (χ2n) is 5.10. The van der Waals surface area contributed by atoms with Crippen LogP contribution in [0.3, 0.4) is 0 Å². The van der Waals surface area contributed by atoms with Crippen LogP contribution in [0.25, 0.3) is 0 Å². The van der Waals surface area contributed by atoms with Gasteiger partial charge in [0.2, 0.25) is 0 Å². The molecule has 0 aliphatic heterocycles. The lowest BCUT2D eigenvalue weighted by molar-refractivity contribution is 0.00888. The number of hydrogen-bond donors (Lipinski definition) is 2. The predicted molar refractivity (Wildman–Crippen MR) is 71.8 cm³/mol. The van der Waals surface area contributed by atoms with Crippen molar-refractivity contribution in [2.45, 2.75) is 50.2 Å². The van der Waals surface area contributed by atoms with Crippen LogP contribution in [0.2, 0.25) is 0 Å². The molecule has 2 heteroatoms. The van der Waals surface area contributed by atoms with E-state index in [9.17, 15) is 10.2 Å². The third-order valence-corrected chi connectivity index (χ3v) is 3.56. The highest BCUT2D eigenvalue weighted by Crippen LogP contribution is 2.30. The largest absolute Gasteiger partial charge is 0.389 e. The molecule has 1 atom stereocenters. The Morgan fingerprint density at radius 3 is 2.44 bits per heavy atom. The number of rotatable bonds is 2. The van der Waals surface area contributed by atoms with Crippen molar-refractivity contribution < 1.29 is 10.2 Å². The molecule has 1 saturated carbocycles. The molecule has 0 bridgehead atoms. The third kappa shape index (κ3) is 3.60. The Bertz CT molecular complexity index is 421. The van der Waals surface area contributed by atoms with Crippen molar-refractivity contribution in [1.82, 2.24) is 0 Å². The van der Waals surface area contributed by atoms with Gasteiger partial charge in [-0.25, -0.2) is 0 Å². The van der Waals surface area contributed by atoms with Crippen molar-refractivity contribution >= 4 is 0 Å². The molecule has 2 nitrogen and oxygen atoms in total. The van der Waals surface area contributed by atoms with E-state index in [1.807, 2.05) is 30.3 Å². The molecule has 0 spiro atoms. The Labute approximate surface area is 109 Å². The molecular weight excluding hydrogens is 224 g/mol. The van der Waals surface area contributed by atoms with Gasteiger partial charge in [0, 0.05) is 6.42 Å². The normalized spacial score (nSPS) is 19.7. The average Bonchev–Trinajstić information content (AvgIpc) is 2.40. The summed E-state index contributed by atoms with van der Waals surface area (Å²) in [6.45, 7) is 0. The Hall–Kier alpha value is -1.30. The van der Waals surface area contributed by atoms with E-state index in [2.05, 4.69) is 11.8 Å². The lowest BCUT2D eigenvalue weighted by Gasteiger charge is -2.30. The highest BCUT2D eigenvalue weighted by molar-refractivity contribution is 5.25. The summed E-state index contributed by atoms with van der Waals surface area (Å²) < 4.78 is 0. The fourth-order valence-corrected chi connectivity index (χ4v) is 2.42. The summed E-state index contributed by atoms with van der Waals surface area (Å²) in [6.07, 6.45) is 4.77. The molecule has 1 aromatic carbocycles. The molecule has 1 aliphatic rings. The van der Waals surface area contributed by atoms with Crippen molar-refractivity contribution in [2.24, 2.45) is 0 Å². The van der Waals surface area contributed by atoms with Gasteiger partial charge in [-0.05, 0) is 18.4 Å². The molecule has 0 heterocycles. The zero-order valence-electron chi connectivity index (χ0n) is 10.6. The lowest BCUT2D eigenvalue weighted by atomic mass is 9.83. The van der Waals surface area contributed by atoms with Crippen molar-refractivity contribution in [3.63, 3.8) is 0 Å². The summed E-state index contributed by atoms with van der Waals surface area (Å²) in [4.78, 5) is 0. The number of aliphatic hydroxyl groups is 2. The minimum Gasteiger partial charge on any atom is -0.389 e. The smallest absolute Gasteiger partial charge is 0.140 e. The summed E-state index contributed by atoms with van der Waals surface area (Å²) >= 11 is 0. The Kier molecular flexibility index (Phi) is 4.41. The van der Waals surface area contributed by atoms with E-state index < -0.39 is 11.7 Å². The van der Waals surface area contributed by atoms with Gasteiger partial charge in [0.15, 0.2) is 0 Å². The maximum absolute atomic E-state index is 10.3. The van der Waals surface area contributed by atoms with Crippen LogP contribution in [0.1, 0.15) is 50.2 Å². The molecule has 1 unspecified atom stereocenters. The molecule has 18 heavy (non-hydrogen) atoms. The molecule has 0 radical (unpaired) electrons. The molecule has 2 N–H and O–H groups in total. The number of benzene rings is 1. The van der Waals surface area contributed by atoms with Gasteiger partial charge in [0.05, 0.1) is 5.60 Å². The SMILES string of the molecule is OC(C#CCC1(O)CCCCC1)c1ccccc1. The second kappa shape index (κ2) is 6.04. The molecule has 0 saturated heterocycles. The fraction of sp³-hybridized carbons (Fsp3) is 0.500. The molecule has 1 aliphatic carbocycles. The molecule has 2 rings (SSSR count). The van der Waals surface area contributed by atoms with E-state index in [0.29, 0.717) is 6.42 Å². The van der Waals surface area contributed by atoms with Crippen molar-refractivity contribution in [1.29, 1.82) is 0 Å². The first-order valence-corrected chi connectivity index (χ1v) is 6.63. The molecule has 1 aromatic rings. The van der Waals surface area contributed by atoms with Crippen LogP contribution in [-0.2, 0) is 0 Å². The van der Waals surface area contributed by atoms with Crippen LogP contribution >= 0.6 is 0 Å². The third-order valence-electron chi connectivity index (χ3n) is 3.56. The van der Waals surface area contributed by atoms with E-state index in [1.165, 1.54) is 6.42 Å². The Balaban J connectivity index is 1.92. The van der Waals surface area contributed by atoms with Crippen LogP contribution in [0.15, 0.2) is 30.3 Å². The number of aliphatic hydroxyl groups excluding tert-OH is 1. The predicted octanol–water partition coefficient (Wildman–Crippen LogP) is 2.81. The van der Waals surface area contributed by atoms with Gasteiger partial charge in [-0.3, -0.25) is 0 Å². The number of hydrogen-bond acceptors (Lipinski definition) is 2. The van der Waals surface area contributed by atoms with E-state index in [0.717, 1.165) is 31.2 Å². The molecule has 96 valence electrons. The van der Waals surface area contributed by atoms with E-state index >= 15 is 0 Å². The summed E-state index contributed by atoms with van der Waals surface area (Å²) in [6, 6.07) is 9.39. The van der Waals surface area contributed by atoms with Gasteiger partial charge in [0.1, 0.15) is 6.10 Å². The summed E-state index contributed by atoms with van der Waals surface area (Å²) in [5.41, 5.74) is 0.183. The highest BCUT2D eigenvalue weighted by atomic mass is 16.3. The van der Waals surface area contributed by atoms with Crippen molar-refractivity contribution in [3.8, 4) is 11.8 Å². The molecule has 1 fully saturated rings. The van der Waals surface area contributed by atoms with Crippen LogP contribution in [0.5, 0.6) is 0 Å². The minimum atomic E-state index is -0.751. The highest BCUT2D eigenvalue weighted by Gasteiger charge is 2.27. The van der Waals surface area contributed by atoms with Crippen molar-refractivity contribution in [2.75, 3.05) is 0 Å². The van der Waals surface area contributed by atoms with Gasteiger partial charge in [0.25, 0.3) is 0 Å². The summed E-state index contributed by atoms with van der Waals surface area (Å²) in [5.74, 6) is 5.76. The van der Waals surface area contributed by atoms with Gasteiger partial charge >= 0.3 is 0 Å². The van der Waals surface area contributed by atoms with Crippen molar-refractivity contribution in [3.05, 3.63) is 35.9 Å². The zero-order chi connectivity index (χ0) is 12.8. The molecule has 0 amide bonds. The first kappa shape index (κ1) is 13.1. The molecule has 0 aromatic heterocycles. The standard InChI is InChI=1S/C16H20O2/c17-15(14-8-3-1-4-9-14)10-7-13-16(18)11-5-2-6-12-16/h1,3-4,8-9,15,17-18H,2,5-6,11-13H2. The van der Waals surface area contributed by atoms with E-state index in [4.69, 9.17) is 0 Å². The zero-order valence-corrected chi connectivity index (χ0v) is 10.6. The monoisotopic (exact) mass is 244 g/mol. The summed E-state index contributed by atoms with van der Waals surface area (Å²) in [5, 5.41) is 20.1. The van der Waals surface area contributed by atoms with Crippen LogP contribution in [0, 0.1) is 11.8 Å². The quantitative estimate of drug-likeness (QED) is 0.785.